The SMILES string of the molecule is CCCN(OCC)C(=O)C1=Cc2ccc(-c3cnc(CCCOCCOCCOCCOCCOCCOCCOCCOCCOCCOCCNC(=O)CN4C(=O)C=CC4=O)nc3)cc2N=C(N)C1.NC=O. The molecule has 2 aliphatic rings. The Morgan fingerprint density at radius 3 is 1.61 bits per heavy atom. The molecule has 0 spiro atoms. The lowest BCUT2D eigenvalue weighted by Crippen LogP contribution is -2.41. The fourth-order valence-electron chi connectivity index (χ4n) is 6.55. The molecule has 0 saturated carbocycles. The first kappa shape index (κ1) is 62.7. The van der Waals surface area contributed by atoms with Crippen LogP contribution >= 0.6 is 0 Å². The predicted octanol–water partition coefficient (Wildman–Crippen LogP) is 1.35. The van der Waals surface area contributed by atoms with Crippen LogP contribution in [0.15, 0.2) is 53.3 Å². The number of nitrogens with one attached hydrogen (secondary N) is 1. The van der Waals surface area contributed by atoms with E-state index >= 15 is 0 Å². The number of aliphatic imine (C=N–C) groups is 1. The van der Waals surface area contributed by atoms with E-state index in [0.29, 0.717) is 162 Å². The summed E-state index contributed by atoms with van der Waals surface area (Å²) in [5.41, 5.74) is 14.2. The topological polar surface area (TPSA) is 296 Å². The average molecular weight is 1050 g/mol. The van der Waals surface area contributed by atoms with Gasteiger partial charge >= 0.3 is 0 Å². The van der Waals surface area contributed by atoms with E-state index in [4.69, 9.17) is 62.7 Å². The number of benzene rings is 1. The molecule has 5 amide bonds. The van der Waals surface area contributed by atoms with Crippen LogP contribution in [0.2, 0.25) is 0 Å². The zero-order chi connectivity index (χ0) is 53.3. The molecule has 0 aliphatic carbocycles. The molecule has 0 atom stereocenters. The highest BCUT2D eigenvalue weighted by atomic mass is 16.7. The minimum atomic E-state index is -0.496. The quantitative estimate of drug-likeness (QED) is 0.0366. The molecule has 0 saturated heterocycles. The van der Waals surface area contributed by atoms with Crippen molar-refractivity contribution < 1.29 is 76.2 Å². The monoisotopic (exact) mass is 1040 g/mol. The molecular weight excluding hydrogens is 969 g/mol. The summed E-state index contributed by atoms with van der Waals surface area (Å²) in [6.45, 7) is 13.6. The second-order valence-corrected chi connectivity index (χ2v) is 15.7. The lowest BCUT2D eigenvalue weighted by atomic mass is 10.0. The van der Waals surface area contributed by atoms with Crippen LogP contribution in [0, 0.1) is 0 Å². The minimum Gasteiger partial charge on any atom is -0.387 e. The van der Waals surface area contributed by atoms with Gasteiger partial charge in [0, 0.05) is 73.8 Å². The Balaban J connectivity index is 0.00000469. The maximum Gasteiger partial charge on any atom is 0.273 e. The third-order valence-electron chi connectivity index (χ3n) is 10.1. The van der Waals surface area contributed by atoms with Crippen LogP contribution in [0.5, 0.6) is 0 Å². The van der Waals surface area contributed by atoms with Gasteiger partial charge in [-0.05, 0) is 37.5 Å². The summed E-state index contributed by atoms with van der Waals surface area (Å²) in [4.78, 5) is 76.7. The molecule has 1 aromatic carbocycles. The van der Waals surface area contributed by atoms with Gasteiger partial charge in [-0.3, -0.25) is 33.7 Å². The first-order chi connectivity index (χ1) is 36.2. The molecular formula is C50H76N8O16. The van der Waals surface area contributed by atoms with Crippen molar-refractivity contribution in [1.82, 2.24) is 25.2 Å². The van der Waals surface area contributed by atoms with Crippen LogP contribution in [0.4, 0.5) is 5.69 Å². The fraction of sp³-hybridized carbons (Fsp3) is 0.600. The summed E-state index contributed by atoms with van der Waals surface area (Å²) in [5, 5.41) is 3.99. The van der Waals surface area contributed by atoms with Crippen LogP contribution in [-0.4, -0.2) is 214 Å². The number of carbonyl (C=O) groups excluding carboxylic acids is 5. The number of primary amides is 1. The zero-order valence-corrected chi connectivity index (χ0v) is 42.9. The van der Waals surface area contributed by atoms with Crippen LogP contribution < -0.4 is 16.8 Å². The van der Waals surface area contributed by atoms with Crippen molar-refractivity contribution >= 4 is 47.6 Å². The zero-order valence-electron chi connectivity index (χ0n) is 42.9. The molecule has 5 N–H and O–H groups in total. The summed E-state index contributed by atoms with van der Waals surface area (Å²) in [5.74, 6) is -0.534. The van der Waals surface area contributed by atoms with E-state index in [0.717, 1.165) is 52.4 Å². The van der Waals surface area contributed by atoms with E-state index < -0.39 is 17.7 Å². The molecule has 412 valence electrons. The molecule has 24 heteroatoms. The predicted molar refractivity (Wildman–Crippen MR) is 271 cm³/mol. The second kappa shape index (κ2) is 40.7. The Morgan fingerprint density at radius 1 is 0.689 bits per heavy atom. The number of amides is 5. The maximum atomic E-state index is 13.2. The van der Waals surface area contributed by atoms with Crippen molar-refractivity contribution in [3.63, 3.8) is 0 Å². The van der Waals surface area contributed by atoms with Crippen molar-refractivity contribution in [3.05, 3.63) is 59.7 Å². The van der Waals surface area contributed by atoms with Gasteiger partial charge in [-0.2, -0.15) is 0 Å². The van der Waals surface area contributed by atoms with E-state index in [2.05, 4.69) is 26.0 Å². The van der Waals surface area contributed by atoms with Crippen LogP contribution in [0.25, 0.3) is 17.2 Å². The maximum absolute atomic E-state index is 13.2. The Kier molecular flexibility index (Phi) is 34.5. The van der Waals surface area contributed by atoms with E-state index in [1.807, 2.05) is 38.1 Å². The fourth-order valence-corrected chi connectivity index (χ4v) is 6.55. The van der Waals surface area contributed by atoms with Gasteiger partial charge < -0.3 is 64.2 Å². The third-order valence-corrected chi connectivity index (χ3v) is 10.1. The average Bonchev–Trinajstić information content (AvgIpc) is 3.60. The second-order valence-electron chi connectivity index (χ2n) is 15.7. The number of hydrogen-bond donors (Lipinski definition) is 3. The number of imide groups is 1. The number of rotatable bonds is 42. The number of fused-ring (bicyclic) bond motifs is 1. The summed E-state index contributed by atoms with van der Waals surface area (Å²) in [6, 6.07) is 5.83. The lowest BCUT2D eigenvalue weighted by Gasteiger charge is -2.21. The van der Waals surface area contributed by atoms with Gasteiger partial charge in [0.2, 0.25) is 12.3 Å². The molecule has 2 aromatic rings. The van der Waals surface area contributed by atoms with Crippen molar-refractivity contribution in [2.24, 2.45) is 16.5 Å². The van der Waals surface area contributed by atoms with Crippen LogP contribution in [-0.2, 0) is 82.6 Å². The highest BCUT2D eigenvalue weighted by Gasteiger charge is 2.25. The molecule has 3 heterocycles. The van der Waals surface area contributed by atoms with Crippen molar-refractivity contribution in [2.75, 3.05) is 158 Å². The molecule has 74 heavy (non-hydrogen) atoms. The van der Waals surface area contributed by atoms with E-state index in [9.17, 15) is 19.2 Å². The number of nitrogens with two attached hydrogens (primary N) is 2. The third kappa shape index (κ3) is 27.6. The van der Waals surface area contributed by atoms with Gasteiger partial charge in [0.15, 0.2) is 0 Å². The number of aromatic nitrogens is 2. The van der Waals surface area contributed by atoms with E-state index in [-0.39, 0.29) is 38.4 Å². The van der Waals surface area contributed by atoms with Gasteiger partial charge in [0.1, 0.15) is 18.2 Å². The highest BCUT2D eigenvalue weighted by Crippen LogP contribution is 2.32. The summed E-state index contributed by atoms with van der Waals surface area (Å²) in [7, 11) is 0. The lowest BCUT2D eigenvalue weighted by molar-refractivity contribution is -0.180. The Labute approximate surface area is 433 Å². The number of amidine groups is 1. The first-order valence-electron chi connectivity index (χ1n) is 24.9. The van der Waals surface area contributed by atoms with Gasteiger partial charge in [-0.1, -0.05) is 19.1 Å². The molecule has 0 radical (unpaired) electrons. The van der Waals surface area contributed by atoms with E-state index in [1.165, 1.54) is 5.06 Å². The highest BCUT2D eigenvalue weighted by molar-refractivity contribution is 6.14. The molecule has 4 rings (SSSR count). The smallest absolute Gasteiger partial charge is 0.273 e. The number of aryl methyl sites for hydroxylation is 1. The van der Waals surface area contributed by atoms with E-state index in [1.54, 1.807) is 12.4 Å². The van der Waals surface area contributed by atoms with Crippen LogP contribution in [0.1, 0.15) is 44.5 Å². The number of ether oxygens (including phenoxy) is 10. The molecule has 0 unspecified atom stereocenters. The molecule has 0 bridgehead atoms. The van der Waals surface area contributed by atoms with Gasteiger partial charge in [-0.25, -0.2) is 20.0 Å². The first-order valence-corrected chi connectivity index (χ1v) is 24.9. The van der Waals surface area contributed by atoms with Gasteiger partial charge in [0.05, 0.1) is 138 Å². The largest absolute Gasteiger partial charge is 0.387 e. The van der Waals surface area contributed by atoms with Crippen molar-refractivity contribution in [1.29, 1.82) is 0 Å². The standard InChI is InChI=1S/C49H73N7O15.CH3NO/c1-3-12-56(71-4-2)49(60)41-33-40-8-7-39(34-43(40)54-44(50)35-41)42-36-52-45(53-37-42)6-5-13-61-15-17-63-19-21-65-23-25-67-27-29-69-31-32-70-30-28-68-26-24-66-22-20-64-18-16-62-14-11-51-46(57)38-55-47(58)9-10-48(55)59;2-1-3/h7-10,33-34,36-37H,3-6,11-32,35,38H2,1-2H3,(H2,50,54)(H,51,57);1H,(H2,2,3). The summed E-state index contributed by atoms with van der Waals surface area (Å²) in [6.07, 6.45) is 10.4. The number of carbonyl (C=O) groups is 5. The Morgan fingerprint density at radius 2 is 1.15 bits per heavy atom. The number of nitrogens with zero attached hydrogens (tertiary/aromatic N) is 5. The van der Waals surface area contributed by atoms with Crippen molar-refractivity contribution in [2.45, 2.75) is 39.5 Å². The molecule has 1 aromatic heterocycles. The normalized spacial score (nSPS) is 13.0. The van der Waals surface area contributed by atoms with Crippen molar-refractivity contribution in [3.8, 4) is 11.1 Å². The van der Waals surface area contributed by atoms with Gasteiger partial charge in [0.25, 0.3) is 17.7 Å². The van der Waals surface area contributed by atoms with Crippen LogP contribution in [0.3, 0.4) is 0 Å². The molecule has 2 aliphatic heterocycles. The summed E-state index contributed by atoms with van der Waals surface area (Å²) < 4.78 is 55.2. The molecule has 24 nitrogen and oxygen atoms in total. The minimum absolute atomic E-state index is 0.204. The Hall–Kier alpha value is -5.64. The molecule has 0 fully saturated rings. The van der Waals surface area contributed by atoms with Gasteiger partial charge in [-0.15, -0.1) is 0 Å². The number of hydroxylamine groups is 2. The number of hydrogen-bond acceptors (Lipinski definition) is 20. The summed E-state index contributed by atoms with van der Waals surface area (Å²) >= 11 is 0. The Bertz CT molecular complexity index is 1980.